The Morgan fingerprint density at radius 2 is 1.96 bits per heavy atom. The van der Waals surface area contributed by atoms with Gasteiger partial charge in [0, 0.05) is 12.1 Å². The fraction of sp³-hybridized carbons (Fsp3) is 0.474. The van der Waals surface area contributed by atoms with E-state index < -0.39 is 6.04 Å². The Morgan fingerprint density at radius 3 is 2.62 bits per heavy atom. The maximum Gasteiger partial charge on any atom is 0.257 e. The van der Waals surface area contributed by atoms with Crippen LogP contribution >= 0.6 is 0 Å². The van der Waals surface area contributed by atoms with E-state index in [4.69, 9.17) is 4.52 Å². The molecule has 0 unspecified atom stereocenters. The van der Waals surface area contributed by atoms with Crippen LogP contribution in [0.1, 0.15) is 33.0 Å². The summed E-state index contributed by atoms with van der Waals surface area (Å²) < 4.78 is 5.32. The topological polar surface area (TPSA) is 79.5 Å². The van der Waals surface area contributed by atoms with Crippen LogP contribution < -0.4 is 0 Å². The predicted octanol–water partition coefficient (Wildman–Crippen LogP) is 2.34. The van der Waals surface area contributed by atoms with Gasteiger partial charge in [0.25, 0.3) is 5.89 Å². The van der Waals surface area contributed by atoms with Crippen LogP contribution in [0.15, 0.2) is 34.9 Å². The molecule has 0 bridgehead atoms. The van der Waals surface area contributed by atoms with E-state index >= 15 is 0 Å². The van der Waals surface area contributed by atoms with Crippen LogP contribution in [0.3, 0.4) is 0 Å². The minimum atomic E-state index is -0.477. The molecule has 2 aromatic rings. The molecular weight excluding hydrogens is 332 g/mol. The second-order valence-electron chi connectivity index (χ2n) is 6.90. The van der Waals surface area contributed by atoms with Crippen molar-refractivity contribution < 1.29 is 14.1 Å². The summed E-state index contributed by atoms with van der Waals surface area (Å²) in [6.07, 6.45) is 0.616. The second-order valence-corrected chi connectivity index (χ2v) is 6.90. The van der Waals surface area contributed by atoms with E-state index in [1.165, 1.54) is 0 Å². The quantitative estimate of drug-likeness (QED) is 0.794. The number of piperazine rings is 1. The molecule has 0 saturated carbocycles. The van der Waals surface area contributed by atoms with Crippen LogP contribution in [-0.2, 0) is 16.1 Å². The summed E-state index contributed by atoms with van der Waals surface area (Å²) in [5, 5.41) is 3.99. The highest BCUT2D eigenvalue weighted by Crippen LogP contribution is 2.22. The molecule has 0 spiro atoms. The van der Waals surface area contributed by atoms with E-state index in [-0.39, 0.29) is 24.9 Å². The number of aromatic nitrogens is 2. The molecule has 7 heteroatoms. The van der Waals surface area contributed by atoms with E-state index in [1.54, 1.807) is 9.80 Å². The summed E-state index contributed by atoms with van der Waals surface area (Å²) in [6.45, 7) is 6.79. The van der Waals surface area contributed by atoms with E-state index in [0.717, 1.165) is 5.56 Å². The van der Waals surface area contributed by atoms with Gasteiger partial charge in [0.1, 0.15) is 6.04 Å². The normalized spacial score (nSPS) is 18.1. The largest absolute Gasteiger partial charge is 0.334 e. The molecule has 1 aliphatic rings. The highest BCUT2D eigenvalue weighted by molar-refractivity contribution is 5.94. The zero-order chi connectivity index (χ0) is 18.7. The monoisotopic (exact) mass is 356 g/mol. The third-order valence-corrected chi connectivity index (χ3v) is 4.50. The fourth-order valence-electron chi connectivity index (χ4n) is 3.16. The lowest BCUT2D eigenvalue weighted by Gasteiger charge is -2.40. The van der Waals surface area contributed by atoms with Gasteiger partial charge >= 0.3 is 0 Å². The molecule has 2 amide bonds. The summed E-state index contributed by atoms with van der Waals surface area (Å²) >= 11 is 0. The summed E-state index contributed by atoms with van der Waals surface area (Å²) in [7, 11) is 0. The molecule has 1 aliphatic heterocycles. The van der Waals surface area contributed by atoms with E-state index in [0.29, 0.717) is 30.6 Å². The van der Waals surface area contributed by atoms with Crippen LogP contribution in [-0.4, -0.2) is 50.9 Å². The summed E-state index contributed by atoms with van der Waals surface area (Å²) in [6, 6.07) is 8.99. The Hall–Kier alpha value is -2.70. The smallest absolute Gasteiger partial charge is 0.257 e. The molecule has 0 radical (unpaired) electrons. The Kier molecular flexibility index (Phi) is 5.35. The third-order valence-electron chi connectivity index (χ3n) is 4.50. The van der Waals surface area contributed by atoms with Crippen molar-refractivity contribution in [3.63, 3.8) is 0 Å². The van der Waals surface area contributed by atoms with Crippen molar-refractivity contribution in [1.82, 2.24) is 19.9 Å². The van der Waals surface area contributed by atoms with Crippen molar-refractivity contribution in [2.24, 2.45) is 5.92 Å². The van der Waals surface area contributed by atoms with E-state index in [1.807, 2.05) is 51.1 Å². The van der Waals surface area contributed by atoms with Gasteiger partial charge in [-0.2, -0.15) is 4.98 Å². The van der Waals surface area contributed by atoms with E-state index in [2.05, 4.69) is 10.1 Å². The Bertz CT molecular complexity index is 772. The maximum atomic E-state index is 12.7. The van der Waals surface area contributed by atoms with Gasteiger partial charge in [0.05, 0.1) is 13.1 Å². The minimum Gasteiger partial charge on any atom is -0.334 e. The van der Waals surface area contributed by atoms with Gasteiger partial charge in [-0.25, -0.2) is 0 Å². The highest BCUT2D eigenvalue weighted by atomic mass is 16.5. The molecule has 1 aromatic carbocycles. The molecule has 1 atom stereocenters. The summed E-state index contributed by atoms with van der Waals surface area (Å²) in [5.41, 5.74) is 0.822. The molecule has 1 aromatic heterocycles. The SMILES string of the molecule is CCN1CC(=O)N(Cc2noc(-c3ccccc3)n2)[C@@H](CC(C)C)C1=O. The van der Waals surface area contributed by atoms with Crippen molar-refractivity contribution in [2.45, 2.75) is 39.8 Å². The number of benzene rings is 1. The lowest BCUT2D eigenvalue weighted by molar-refractivity contribution is -0.157. The molecule has 3 rings (SSSR count). The molecular formula is C19H24N4O3. The van der Waals surface area contributed by atoms with E-state index in [9.17, 15) is 9.59 Å². The molecule has 1 saturated heterocycles. The lowest BCUT2D eigenvalue weighted by atomic mass is 9.99. The van der Waals surface area contributed by atoms with Crippen LogP contribution in [0.4, 0.5) is 0 Å². The van der Waals surface area contributed by atoms with Crippen molar-refractivity contribution in [2.75, 3.05) is 13.1 Å². The Morgan fingerprint density at radius 1 is 1.23 bits per heavy atom. The van der Waals surface area contributed by atoms with Crippen molar-refractivity contribution in [3.05, 3.63) is 36.2 Å². The Labute approximate surface area is 153 Å². The standard InChI is InChI=1S/C19H24N4O3/c1-4-22-12-17(24)23(15(19(22)25)10-13(2)3)11-16-20-18(26-21-16)14-8-6-5-7-9-14/h5-9,13,15H,4,10-12H2,1-3H3/t15-/m0/s1. The zero-order valence-corrected chi connectivity index (χ0v) is 15.4. The maximum absolute atomic E-state index is 12.7. The number of amides is 2. The average Bonchev–Trinajstić information content (AvgIpc) is 3.10. The van der Waals surface area contributed by atoms with Crippen molar-refractivity contribution in [3.8, 4) is 11.5 Å². The first-order chi connectivity index (χ1) is 12.5. The number of likely N-dealkylation sites (N-methyl/N-ethyl adjacent to an activating group) is 1. The van der Waals surface area contributed by atoms with Gasteiger partial charge in [-0.1, -0.05) is 37.2 Å². The number of carbonyl (C=O) groups is 2. The van der Waals surface area contributed by atoms with Crippen molar-refractivity contribution >= 4 is 11.8 Å². The van der Waals surface area contributed by atoms with Gasteiger partial charge in [-0.15, -0.1) is 0 Å². The number of carbonyl (C=O) groups excluding carboxylic acids is 2. The molecule has 1 fully saturated rings. The zero-order valence-electron chi connectivity index (χ0n) is 15.4. The molecule has 0 aliphatic carbocycles. The number of hydrogen-bond donors (Lipinski definition) is 0. The van der Waals surface area contributed by atoms with Gasteiger partial charge in [-0.05, 0) is 31.4 Å². The molecule has 0 N–H and O–H groups in total. The van der Waals surface area contributed by atoms with Gasteiger partial charge in [0.2, 0.25) is 11.8 Å². The van der Waals surface area contributed by atoms with Gasteiger partial charge < -0.3 is 14.3 Å². The van der Waals surface area contributed by atoms with Gasteiger partial charge in [-0.3, -0.25) is 9.59 Å². The van der Waals surface area contributed by atoms with Crippen LogP contribution in [0, 0.1) is 5.92 Å². The molecule has 7 nitrogen and oxygen atoms in total. The van der Waals surface area contributed by atoms with Crippen LogP contribution in [0.25, 0.3) is 11.5 Å². The fourth-order valence-corrected chi connectivity index (χ4v) is 3.16. The molecule has 2 heterocycles. The van der Waals surface area contributed by atoms with Gasteiger partial charge in [0.15, 0.2) is 5.82 Å². The first kappa shape index (κ1) is 18.1. The Balaban J connectivity index is 1.81. The lowest BCUT2D eigenvalue weighted by Crippen LogP contribution is -2.59. The summed E-state index contributed by atoms with van der Waals surface area (Å²) in [4.78, 5) is 33.0. The number of rotatable bonds is 6. The first-order valence-electron chi connectivity index (χ1n) is 8.95. The third kappa shape index (κ3) is 3.76. The number of hydrogen-bond acceptors (Lipinski definition) is 5. The highest BCUT2D eigenvalue weighted by Gasteiger charge is 2.39. The summed E-state index contributed by atoms with van der Waals surface area (Å²) in [5.74, 6) is 1.02. The minimum absolute atomic E-state index is 0.00687. The molecule has 138 valence electrons. The van der Waals surface area contributed by atoms with Crippen LogP contribution in [0.2, 0.25) is 0 Å². The predicted molar refractivity (Wildman–Crippen MR) is 95.8 cm³/mol. The van der Waals surface area contributed by atoms with Crippen molar-refractivity contribution in [1.29, 1.82) is 0 Å². The number of nitrogens with zero attached hydrogens (tertiary/aromatic N) is 4. The second kappa shape index (κ2) is 7.68. The van der Waals surface area contributed by atoms with Crippen LogP contribution in [0.5, 0.6) is 0 Å². The first-order valence-corrected chi connectivity index (χ1v) is 8.95. The molecule has 26 heavy (non-hydrogen) atoms. The average molecular weight is 356 g/mol.